The standard InChI is InChI=1S/C16H26N6O/c1-5-16(4,11(2)3)22-10-18-12-13(17)19-15(20-14(12)22)21-6-8-23-9-7-21/h10-11H,5-9H2,1-4H3,(H2,17,19,20)/t16-/m0/s1. The second-order valence-electron chi connectivity index (χ2n) is 6.66. The van der Waals surface area contributed by atoms with E-state index in [9.17, 15) is 0 Å². The van der Waals surface area contributed by atoms with Crippen LogP contribution in [0.5, 0.6) is 0 Å². The molecule has 2 aromatic rings. The van der Waals surface area contributed by atoms with Crippen molar-refractivity contribution in [2.45, 2.75) is 39.7 Å². The number of anilines is 2. The van der Waals surface area contributed by atoms with Gasteiger partial charge in [-0.3, -0.25) is 0 Å². The molecule has 23 heavy (non-hydrogen) atoms. The summed E-state index contributed by atoms with van der Waals surface area (Å²) in [5.41, 5.74) is 7.59. The van der Waals surface area contributed by atoms with Crippen LogP contribution in [-0.4, -0.2) is 45.8 Å². The molecule has 0 aliphatic carbocycles. The molecule has 7 nitrogen and oxygen atoms in total. The van der Waals surface area contributed by atoms with E-state index in [1.54, 1.807) is 0 Å². The number of imidazole rings is 1. The zero-order valence-corrected chi connectivity index (χ0v) is 14.4. The highest BCUT2D eigenvalue weighted by molar-refractivity contribution is 5.83. The minimum absolute atomic E-state index is 0.0577. The number of fused-ring (bicyclic) bond motifs is 1. The molecule has 0 saturated carbocycles. The van der Waals surface area contributed by atoms with Gasteiger partial charge >= 0.3 is 0 Å². The highest BCUT2D eigenvalue weighted by Crippen LogP contribution is 2.33. The zero-order chi connectivity index (χ0) is 16.6. The fraction of sp³-hybridized carbons (Fsp3) is 0.688. The lowest BCUT2D eigenvalue weighted by Gasteiger charge is -2.34. The SMILES string of the molecule is CC[C@@](C)(C(C)C)n1cnc2c(N)nc(N3CCOCC3)nc21. The summed E-state index contributed by atoms with van der Waals surface area (Å²) in [6, 6.07) is 0. The molecule has 0 unspecified atom stereocenters. The van der Waals surface area contributed by atoms with Gasteiger partial charge in [-0.2, -0.15) is 9.97 Å². The highest BCUT2D eigenvalue weighted by Gasteiger charge is 2.31. The molecule has 0 bridgehead atoms. The predicted octanol–water partition coefficient (Wildman–Crippen LogP) is 2.03. The number of hydrogen-bond donors (Lipinski definition) is 1. The summed E-state index contributed by atoms with van der Waals surface area (Å²) in [6.45, 7) is 11.8. The third kappa shape index (κ3) is 2.63. The maximum Gasteiger partial charge on any atom is 0.229 e. The second kappa shape index (κ2) is 5.96. The van der Waals surface area contributed by atoms with Crippen LogP contribution in [0.1, 0.15) is 34.1 Å². The van der Waals surface area contributed by atoms with Crippen LogP contribution in [0.4, 0.5) is 11.8 Å². The van der Waals surface area contributed by atoms with Crippen molar-refractivity contribution in [3.63, 3.8) is 0 Å². The van der Waals surface area contributed by atoms with Crippen molar-refractivity contribution >= 4 is 22.9 Å². The van der Waals surface area contributed by atoms with E-state index in [4.69, 9.17) is 15.5 Å². The Labute approximate surface area is 136 Å². The van der Waals surface area contributed by atoms with Crippen molar-refractivity contribution in [1.82, 2.24) is 19.5 Å². The van der Waals surface area contributed by atoms with E-state index >= 15 is 0 Å². The molecule has 2 aromatic heterocycles. The molecule has 0 radical (unpaired) electrons. The summed E-state index contributed by atoms with van der Waals surface area (Å²) in [4.78, 5) is 15.8. The molecule has 126 valence electrons. The van der Waals surface area contributed by atoms with Gasteiger partial charge < -0.3 is 19.9 Å². The Hall–Kier alpha value is -1.89. The van der Waals surface area contributed by atoms with Crippen LogP contribution in [-0.2, 0) is 10.3 Å². The van der Waals surface area contributed by atoms with Crippen molar-refractivity contribution < 1.29 is 4.74 Å². The van der Waals surface area contributed by atoms with E-state index in [2.05, 4.69) is 47.1 Å². The first-order valence-corrected chi connectivity index (χ1v) is 8.31. The number of aromatic nitrogens is 4. The molecular weight excluding hydrogens is 292 g/mol. The third-order valence-corrected chi connectivity index (χ3v) is 5.22. The molecule has 0 amide bonds. The van der Waals surface area contributed by atoms with Gasteiger partial charge in [-0.05, 0) is 19.3 Å². The minimum Gasteiger partial charge on any atom is -0.382 e. The summed E-state index contributed by atoms with van der Waals surface area (Å²) >= 11 is 0. The van der Waals surface area contributed by atoms with Gasteiger partial charge in [-0.1, -0.05) is 20.8 Å². The second-order valence-corrected chi connectivity index (χ2v) is 6.66. The van der Waals surface area contributed by atoms with Gasteiger partial charge in [0.1, 0.15) is 5.52 Å². The van der Waals surface area contributed by atoms with Gasteiger partial charge in [0, 0.05) is 18.6 Å². The van der Waals surface area contributed by atoms with Crippen LogP contribution >= 0.6 is 0 Å². The van der Waals surface area contributed by atoms with Gasteiger partial charge in [0.15, 0.2) is 11.5 Å². The van der Waals surface area contributed by atoms with Gasteiger partial charge in [0.25, 0.3) is 0 Å². The van der Waals surface area contributed by atoms with Crippen LogP contribution in [0.2, 0.25) is 0 Å². The number of ether oxygens (including phenoxy) is 1. The topological polar surface area (TPSA) is 82.1 Å². The van der Waals surface area contributed by atoms with Crippen LogP contribution < -0.4 is 10.6 Å². The van der Waals surface area contributed by atoms with Crippen molar-refractivity contribution in [1.29, 1.82) is 0 Å². The number of nitrogens with two attached hydrogens (primary N) is 1. The third-order valence-electron chi connectivity index (χ3n) is 5.22. The molecule has 3 rings (SSSR count). The van der Waals surface area contributed by atoms with Gasteiger partial charge in [0.2, 0.25) is 5.95 Å². The zero-order valence-electron chi connectivity index (χ0n) is 14.4. The summed E-state index contributed by atoms with van der Waals surface area (Å²) < 4.78 is 7.57. The van der Waals surface area contributed by atoms with E-state index in [-0.39, 0.29) is 5.54 Å². The van der Waals surface area contributed by atoms with Crippen molar-refractivity contribution in [2.75, 3.05) is 36.9 Å². The van der Waals surface area contributed by atoms with E-state index < -0.39 is 0 Å². The van der Waals surface area contributed by atoms with Crippen LogP contribution in [0.15, 0.2) is 6.33 Å². The average Bonchev–Trinajstić information content (AvgIpc) is 2.99. The predicted molar refractivity (Wildman–Crippen MR) is 91.5 cm³/mol. The Balaban J connectivity index is 2.12. The number of rotatable bonds is 4. The van der Waals surface area contributed by atoms with E-state index in [0.29, 0.717) is 36.4 Å². The van der Waals surface area contributed by atoms with Crippen LogP contribution in [0.3, 0.4) is 0 Å². The van der Waals surface area contributed by atoms with Gasteiger partial charge in [-0.25, -0.2) is 4.98 Å². The summed E-state index contributed by atoms with van der Waals surface area (Å²) in [5, 5.41) is 0. The summed E-state index contributed by atoms with van der Waals surface area (Å²) in [7, 11) is 0. The molecule has 1 atom stereocenters. The Morgan fingerprint density at radius 1 is 1.30 bits per heavy atom. The quantitative estimate of drug-likeness (QED) is 0.929. The summed E-state index contributed by atoms with van der Waals surface area (Å²) in [5.74, 6) is 1.56. The molecule has 0 aromatic carbocycles. The molecule has 2 N–H and O–H groups in total. The maximum absolute atomic E-state index is 6.15. The van der Waals surface area contributed by atoms with Gasteiger partial charge in [0.05, 0.1) is 19.5 Å². The lowest BCUT2D eigenvalue weighted by molar-refractivity contribution is 0.122. The lowest BCUT2D eigenvalue weighted by Crippen LogP contribution is -2.38. The minimum atomic E-state index is -0.0577. The normalized spacial score (nSPS) is 18.6. The molecule has 1 aliphatic rings. The number of nitrogen functional groups attached to an aromatic ring is 1. The molecule has 1 fully saturated rings. The maximum atomic E-state index is 6.15. The first-order chi connectivity index (χ1) is 11.0. The number of hydrogen-bond acceptors (Lipinski definition) is 6. The number of nitrogens with zero attached hydrogens (tertiary/aromatic N) is 5. The smallest absolute Gasteiger partial charge is 0.229 e. The van der Waals surface area contributed by atoms with Gasteiger partial charge in [-0.15, -0.1) is 0 Å². The molecule has 3 heterocycles. The molecular formula is C16H26N6O. The van der Waals surface area contributed by atoms with Crippen molar-refractivity contribution in [3.8, 4) is 0 Å². The van der Waals surface area contributed by atoms with Crippen LogP contribution in [0.25, 0.3) is 11.2 Å². The largest absolute Gasteiger partial charge is 0.382 e. The molecule has 0 spiro atoms. The fourth-order valence-electron chi connectivity index (χ4n) is 3.05. The van der Waals surface area contributed by atoms with Crippen molar-refractivity contribution in [2.24, 2.45) is 5.92 Å². The van der Waals surface area contributed by atoms with Crippen LogP contribution in [0, 0.1) is 5.92 Å². The average molecular weight is 318 g/mol. The monoisotopic (exact) mass is 318 g/mol. The van der Waals surface area contributed by atoms with E-state index in [0.717, 1.165) is 25.2 Å². The molecule has 7 heteroatoms. The van der Waals surface area contributed by atoms with E-state index in [1.165, 1.54) is 0 Å². The lowest BCUT2D eigenvalue weighted by atomic mass is 9.85. The highest BCUT2D eigenvalue weighted by atomic mass is 16.5. The first-order valence-electron chi connectivity index (χ1n) is 8.31. The molecule has 1 aliphatic heterocycles. The summed E-state index contributed by atoms with van der Waals surface area (Å²) in [6.07, 6.45) is 2.84. The first kappa shape index (κ1) is 16.0. The fourth-order valence-corrected chi connectivity index (χ4v) is 3.05. The Bertz CT molecular complexity index is 691. The Morgan fingerprint density at radius 3 is 2.61 bits per heavy atom. The molecule has 1 saturated heterocycles. The van der Waals surface area contributed by atoms with E-state index in [1.807, 2.05) is 6.33 Å². The number of morpholine rings is 1. The van der Waals surface area contributed by atoms with Crippen molar-refractivity contribution in [3.05, 3.63) is 6.33 Å². The Kier molecular flexibility index (Phi) is 4.14. The Morgan fingerprint density at radius 2 is 2.00 bits per heavy atom.